The normalized spacial score (nSPS) is 11.6. The second kappa shape index (κ2) is 7.34. The molecule has 9 heteroatoms. The molecule has 0 fully saturated rings. The van der Waals surface area contributed by atoms with Gasteiger partial charge in [-0.3, -0.25) is 4.55 Å². The van der Waals surface area contributed by atoms with E-state index in [0.29, 0.717) is 27.8 Å². The molecule has 3 aromatic carbocycles. The molecule has 0 atom stereocenters. The summed E-state index contributed by atoms with van der Waals surface area (Å²) in [7, 11) is -5.49. The zero-order chi connectivity index (χ0) is 19.8. The van der Waals surface area contributed by atoms with Crippen molar-refractivity contribution in [1.29, 1.82) is 0 Å². The van der Waals surface area contributed by atoms with Crippen LogP contribution in [0.2, 0.25) is 0 Å². The molecule has 0 amide bonds. The van der Waals surface area contributed by atoms with Crippen LogP contribution in [0.15, 0.2) is 69.3 Å². The molecule has 140 valence electrons. The SMILES string of the molecule is O=S(=O)(O)c1c(F)c(F)c(Sc2ccccc2-c2ccccc2)c(F)c1F. The molecule has 0 unspecified atom stereocenters. The second-order valence-electron chi connectivity index (χ2n) is 5.35. The first-order chi connectivity index (χ1) is 12.7. The van der Waals surface area contributed by atoms with Gasteiger partial charge in [0.2, 0.25) is 0 Å². The average molecular weight is 414 g/mol. The molecule has 0 aliphatic rings. The number of hydrogen-bond donors (Lipinski definition) is 1. The van der Waals surface area contributed by atoms with Crippen LogP contribution in [0.5, 0.6) is 0 Å². The van der Waals surface area contributed by atoms with E-state index in [2.05, 4.69) is 0 Å². The number of hydrogen-bond acceptors (Lipinski definition) is 3. The molecule has 0 aliphatic carbocycles. The molecule has 0 saturated heterocycles. The van der Waals surface area contributed by atoms with Gasteiger partial charge in [0.15, 0.2) is 28.2 Å². The van der Waals surface area contributed by atoms with Crippen LogP contribution in [0.25, 0.3) is 11.1 Å². The summed E-state index contributed by atoms with van der Waals surface area (Å²) in [5.41, 5.74) is 1.26. The smallest absolute Gasteiger partial charge is 0.282 e. The van der Waals surface area contributed by atoms with Crippen molar-refractivity contribution in [3.8, 4) is 11.1 Å². The van der Waals surface area contributed by atoms with Gasteiger partial charge in [-0.2, -0.15) is 8.42 Å². The molecule has 0 radical (unpaired) electrons. The fourth-order valence-corrected chi connectivity index (χ4v) is 4.08. The van der Waals surface area contributed by atoms with Crippen molar-refractivity contribution in [2.24, 2.45) is 0 Å². The van der Waals surface area contributed by atoms with Crippen molar-refractivity contribution in [2.45, 2.75) is 14.7 Å². The third-order valence-electron chi connectivity index (χ3n) is 3.62. The monoisotopic (exact) mass is 414 g/mol. The van der Waals surface area contributed by atoms with E-state index in [1.54, 1.807) is 48.5 Å². The van der Waals surface area contributed by atoms with Crippen molar-refractivity contribution in [3.63, 3.8) is 0 Å². The molecule has 1 N–H and O–H groups in total. The largest absolute Gasteiger partial charge is 0.300 e. The van der Waals surface area contributed by atoms with Crippen molar-refractivity contribution >= 4 is 21.9 Å². The zero-order valence-corrected chi connectivity index (χ0v) is 14.9. The fraction of sp³-hybridized carbons (Fsp3) is 0. The minimum Gasteiger partial charge on any atom is -0.282 e. The predicted octanol–water partition coefficient (Wildman–Crippen LogP) is 5.31. The van der Waals surface area contributed by atoms with Gasteiger partial charge in [0.1, 0.15) is 0 Å². The lowest BCUT2D eigenvalue weighted by atomic mass is 10.1. The summed E-state index contributed by atoms with van der Waals surface area (Å²) in [4.78, 5) is -2.82. The summed E-state index contributed by atoms with van der Waals surface area (Å²) in [6, 6.07) is 15.2. The molecule has 0 aromatic heterocycles. The van der Waals surface area contributed by atoms with E-state index in [0.717, 1.165) is 0 Å². The first-order valence-corrected chi connectivity index (χ1v) is 9.63. The topological polar surface area (TPSA) is 54.4 Å². The van der Waals surface area contributed by atoms with E-state index in [-0.39, 0.29) is 0 Å². The van der Waals surface area contributed by atoms with Crippen molar-refractivity contribution in [2.75, 3.05) is 0 Å². The van der Waals surface area contributed by atoms with Crippen molar-refractivity contribution < 1.29 is 30.5 Å². The summed E-state index contributed by atoms with van der Waals surface area (Å²) in [5.74, 6) is -8.18. The van der Waals surface area contributed by atoms with Crippen LogP contribution < -0.4 is 0 Å². The lowest BCUT2D eigenvalue weighted by molar-refractivity contribution is 0.384. The first-order valence-electron chi connectivity index (χ1n) is 7.37. The highest BCUT2D eigenvalue weighted by Crippen LogP contribution is 2.40. The van der Waals surface area contributed by atoms with Gasteiger partial charge in [0.25, 0.3) is 0 Å². The number of benzene rings is 3. The second-order valence-corrected chi connectivity index (χ2v) is 7.76. The third kappa shape index (κ3) is 3.71. The van der Waals surface area contributed by atoms with Gasteiger partial charge in [0.05, 0.1) is 4.90 Å². The van der Waals surface area contributed by atoms with Gasteiger partial charge in [0, 0.05) is 4.90 Å². The van der Waals surface area contributed by atoms with Gasteiger partial charge in [-0.05, 0) is 17.2 Å². The van der Waals surface area contributed by atoms with E-state index in [9.17, 15) is 26.0 Å². The Morgan fingerprint density at radius 2 is 1.26 bits per heavy atom. The van der Waals surface area contributed by atoms with Gasteiger partial charge in [-0.1, -0.05) is 60.3 Å². The Bertz CT molecular complexity index is 1090. The highest BCUT2D eigenvalue weighted by atomic mass is 32.2. The summed E-state index contributed by atoms with van der Waals surface area (Å²) >= 11 is 0.404. The summed E-state index contributed by atoms with van der Waals surface area (Å²) in [6.07, 6.45) is 0. The van der Waals surface area contributed by atoms with Gasteiger partial charge in [-0.25, -0.2) is 17.6 Å². The molecule has 3 rings (SSSR count). The molecular weight excluding hydrogens is 404 g/mol. The van der Waals surface area contributed by atoms with Crippen molar-refractivity contribution in [3.05, 3.63) is 77.9 Å². The Morgan fingerprint density at radius 1 is 0.741 bits per heavy atom. The first kappa shape index (κ1) is 19.4. The van der Waals surface area contributed by atoms with E-state index >= 15 is 0 Å². The number of rotatable bonds is 4. The third-order valence-corrected chi connectivity index (χ3v) is 5.64. The molecule has 0 saturated carbocycles. The molecular formula is C18H10F4O3S2. The van der Waals surface area contributed by atoms with Crippen LogP contribution in [0.4, 0.5) is 17.6 Å². The van der Waals surface area contributed by atoms with Gasteiger partial charge < -0.3 is 0 Å². The maximum atomic E-state index is 14.3. The van der Waals surface area contributed by atoms with Crippen LogP contribution in [0.3, 0.4) is 0 Å². The van der Waals surface area contributed by atoms with Crippen LogP contribution in [0, 0.1) is 23.3 Å². The molecule has 3 aromatic rings. The highest BCUT2D eigenvalue weighted by Gasteiger charge is 2.32. The maximum absolute atomic E-state index is 14.3. The summed E-state index contributed by atoms with van der Waals surface area (Å²) in [5, 5.41) is 0. The minimum absolute atomic E-state index is 0.292. The Labute approximate surface area is 156 Å². The van der Waals surface area contributed by atoms with E-state index in [4.69, 9.17) is 4.55 Å². The van der Waals surface area contributed by atoms with Gasteiger partial charge in [-0.15, -0.1) is 0 Å². The molecule has 0 heterocycles. The lowest BCUT2D eigenvalue weighted by Crippen LogP contribution is -2.11. The maximum Gasteiger partial charge on any atom is 0.300 e. The molecule has 0 spiro atoms. The lowest BCUT2D eigenvalue weighted by Gasteiger charge is -2.13. The van der Waals surface area contributed by atoms with E-state index in [1.807, 2.05) is 0 Å². The Hall–Kier alpha value is -2.36. The van der Waals surface area contributed by atoms with Crippen LogP contribution in [-0.4, -0.2) is 13.0 Å². The zero-order valence-electron chi connectivity index (χ0n) is 13.3. The minimum atomic E-state index is -5.49. The summed E-state index contributed by atoms with van der Waals surface area (Å²) in [6.45, 7) is 0. The molecule has 0 bridgehead atoms. The van der Waals surface area contributed by atoms with Crippen LogP contribution >= 0.6 is 11.8 Å². The molecule has 27 heavy (non-hydrogen) atoms. The predicted molar refractivity (Wildman–Crippen MR) is 92.1 cm³/mol. The average Bonchev–Trinajstić information content (AvgIpc) is 2.64. The summed E-state index contributed by atoms with van der Waals surface area (Å²) < 4.78 is 87.4. The van der Waals surface area contributed by atoms with E-state index < -0.39 is 43.2 Å². The van der Waals surface area contributed by atoms with Gasteiger partial charge >= 0.3 is 10.1 Å². The van der Waals surface area contributed by atoms with Crippen molar-refractivity contribution in [1.82, 2.24) is 0 Å². The standard InChI is InChI=1S/C18H10F4O3S2/c19-13-15(21)18(27(23,24)25)16(22)14(20)17(13)26-12-9-5-4-8-11(12)10-6-2-1-3-7-10/h1-9H,(H,23,24,25). The molecule has 0 aliphatic heterocycles. The quantitative estimate of drug-likeness (QED) is 0.357. The Morgan fingerprint density at radius 3 is 1.81 bits per heavy atom. The number of halogens is 4. The highest BCUT2D eigenvalue weighted by molar-refractivity contribution is 7.99. The van der Waals surface area contributed by atoms with E-state index in [1.165, 1.54) is 6.07 Å². The van der Waals surface area contributed by atoms with Crippen LogP contribution in [0.1, 0.15) is 0 Å². The Kier molecular flexibility index (Phi) is 5.27. The Balaban J connectivity index is 2.17. The fourth-order valence-electron chi connectivity index (χ4n) is 2.43. The molecule has 3 nitrogen and oxygen atoms in total. The van der Waals surface area contributed by atoms with Crippen LogP contribution in [-0.2, 0) is 10.1 Å².